The van der Waals surface area contributed by atoms with E-state index in [1.165, 1.54) is 24.4 Å². The van der Waals surface area contributed by atoms with Gasteiger partial charge < -0.3 is 20.3 Å². The summed E-state index contributed by atoms with van der Waals surface area (Å²) in [5.74, 6) is 1.26. The molecule has 18 heavy (non-hydrogen) atoms. The third-order valence-electron chi connectivity index (χ3n) is 3.50. The number of hydrogen-bond donors (Lipinski definition) is 1. The van der Waals surface area contributed by atoms with Crippen molar-refractivity contribution in [2.75, 3.05) is 44.4 Å². The van der Waals surface area contributed by atoms with Crippen LogP contribution in [0.2, 0.25) is 0 Å². The largest absolute Gasteiger partial charge is 0.487 e. The molecule has 1 aromatic rings. The zero-order chi connectivity index (χ0) is 13.1. The molecule has 1 fully saturated rings. The lowest BCUT2D eigenvalue weighted by Gasteiger charge is -2.35. The Morgan fingerprint density at radius 1 is 1.50 bits per heavy atom. The number of hydrogen-bond acceptors (Lipinski definition) is 6. The van der Waals surface area contributed by atoms with Crippen molar-refractivity contribution in [2.45, 2.75) is 25.8 Å². The van der Waals surface area contributed by atoms with Crippen LogP contribution in [-0.4, -0.2) is 49.1 Å². The van der Waals surface area contributed by atoms with Crippen LogP contribution in [0.15, 0.2) is 0 Å². The van der Waals surface area contributed by atoms with Crippen molar-refractivity contribution in [3.63, 3.8) is 0 Å². The van der Waals surface area contributed by atoms with Gasteiger partial charge >= 0.3 is 0 Å². The van der Waals surface area contributed by atoms with Gasteiger partial charge in [0.1, 0.15) is 0 Å². The Kier molecular flexibility index (Phi) is 4.29. The van der Waals surface area contributed by atoms with E-state index >= 15 is 0 Å². The van der Waals surface area contributed by atoms with Crippen LogP contribution < -0.4 is 15.4 Å². The van der Waals surface area contributed by atoms with Gasteiger partial charge in [-0.25, -0.2) is 0 Å². The summed E-state index contributed by atoms with van der Waals surface area (Å²) in [6.07, 6.45) is 2.35. The molecule has 1 aliphatic rings. The highest BCUT2D eigenvalue weighted by molar-refractivity contribution is 7.11. The summed E-state index contributed by atoms with van der Waals surface area (Å²) in [6, 6.07) is 0.556. The second kappa shape index (κ2) is 5.75. The molecule has 1 aliphatic heterocycles. The number of nitrogens with zero attached hydrogens (tertiary/aromatic N) is 3. The van der Waals surface area contributed by atoms with Crippen molar-refractivity contribution in [1.29, 1.82) is 0 Å². The molecule has 0 aliphatic carbocycles. The van der Waals surface area contributed by atoms with Gasteiger partial charge in [-0.1, -0.05) is 0 Å². The SMILES string of the molecule is CCOc1c(N)nsc1N(C)C1CCN(C)CC1. The molecule has 0 spiro atoms. The highest BCUT2D eigenvalue weighted by Crippen LogP contribution is 2.39. The van der Waals surface area contributed by atoms with Crippen molar-refractivity contribution in [3.8, 4) is 5.75 Å². The maximum absolute atomic E-state index is 5.86. The van der Waals surface area contributed by atoms with Gasteiger partial charge in [-0.3, -0.25) is 0 Å². The molecular formula is C12H22N4OS. The molecule has 0 atom stereocenters. The molecule has 0 unspecified atom stereocenters. The van der Waals surface area contributed by atoms with Gasteiger partial charge in [-0.05, 0) is 51.4 Å². The second-order valence-corrected chi connectivity index (χ2v) is 5.53. The fourth-order valence-corrected chi connectivity index (χ4v) is 3.13. The van der Waals surface area contributed by atoms with Crippen LogP contribution >= 0.6 is 11.5 Å². The predicted octanol–water partition coefficient (Wildman–Crippen LogP) is 1.65. The van der Waals surface area contributed by atoms with Crippen LogP contribution in [0.25, 0.3) is 0 Å². The maximum Gasteiger partial charge on any atom is 0.197 e. The summed E-state index contributed by atoms with van der Waals surface area (Å²) in [4.78, 5) is 4.65. The first-order valence-electron chi connectivity index (χ1n) is 6.42. The lowest BCUT2D eigenvalue weighted by molar-refractivity contribution is 0.252. The maximum atomic E-state index is 5.86. The summed E-state index contributed by atoms with van der Waals surface area (Å²) in [7, 11) is 4.29. The third kappa shape index (κ3) is 2.70. The van der Waals surface area contributed by atoms with E-state index in [1.807, 2.05) is 6.92 Å². The number of piperidine rings is 1. The lowest BCUT2D eigenvalue weighted by atomic mass is 10.0. The minimum Gasteiger partial charge on any atom is -0.487 e. The van der Waals surface area contributed by atoms with Crippen molar-refractivity contribution < 1.29 is 4.74 Å². The standard InChI is InChI=1S/C12H22N4OS/c1-4-17-10-11(13)14-18-12(10)16(3)9-5-7-15(2)8-6-9/h9H,4-8H2,1-3H3,(H2,13,14). The quantitative estimate of drug-likeness (QED) is 0.901. The van der Waals surface area contributed by atoms with Gasteiger partial charge in [0.05, 0.1) is 6.61 Å². The molecule has 0 amide bonds. The Morgan fingerprint density at radius 2 is 2.17 bits per heavy atom. The Bertz CT molecular complexity index is 387. The van der Waals surface area contributed by atoms with Crippen LogP contribution in [0.4, 0.5) is 10.8 Å². The van der Waals surface area contributed by atoms with Crippen LogP contribution in [0.5, 0.6) is 5.75 Å². The molecule has 0 saturated carbocycles. The van der Waals surface area contributed by atoms with Gasteiger partial charge in [0.15, 0.2) is 16.6 Å². The molecule has 5 nitrogen and oxygen atoms in total. The lowest BCUT2D eigenvalue weighted by Crippen LogP contribution is -2.41. The number of nitrogen functional groups attached to an aromatic ring is 1. The number of rotatable bonds is 4. The first-order chi connectivity index (χ1) is 8.63. The molecule has 2 heterocycles. The summed E-state index contributed by atoms with van der Waals surface area (Å²) < 4.78 is 9.82. The number of aromatic nitrogens is 1. The number of nitrogens with two attached hydrogens (primary N) is 1. The first-order valence-corrected chi connectivity index (χ1v) is 7.20. The molecule has 6 heteroatoms. The van der Waals surface area contributed by atoms with E-state index in [2.05, 4.69) is 28.3 Å². The molecule has 2 N–H and O–H groups in total. The van der Waals surface area contributed by atoms with Crippen molar-refractivity contribution in [1.82, 2.24) is 9.27 Å². The predicted molar refractivity (Wildman–Crippen MR) is 76.6 cm³/mol. The second-order valence-electron chi connectivity index (χ2n) is 4.78. The number of ether oxygens (including phenoxy) is 1. The van der Waals surface area contributed by atoms with E-state index in [-0.39, 0.29) is 0 Å². The Labute approximate surface area is 113 Å². The van der Waals surface area contributed by atoms with E-state index in [0.29, 0.717) is 18.5 Å². The van der Waals surface area contributed by atoms with E-state index in [0.717, 1.165) is 23.8 Å². The highest BCUT2D eigenvalue weighted by Gasteiger charge is 2.25. The highest BCUT2D eigenvalue weighted by atomic mass is 32.1. The normalized spacial score (nSPS) is 17.9. The fraction of sp³-hybridized carbons (Fsp3) is 0.750. The Hall–Kier alpha value is -1.01. The average Bonchev–Trinajstić information content (AvgIpc) is 2.72. The summed E-state index contributed by atoms with van der Waals surface area (Å²) >= 11 is 1.43. The topological polar surface area (TPSA) is 54.6 Å². The molecule has 0 bridgehead atoms. The molecular weight excluding hydrogens is 248 g/mol. The van der Waals surface area contributed by atoms with Gasteiger partial charge in [-0.2, -0.15) is 4.37 Å². The van der Waals surface area contributed by atoms with Crippen molar-refractivity contribution in [3.05, 3.63) is 0 Å². The Balaban J connectivity index is 2.10. The van der Waals surface area contributed by atoms with Gasteiger partial charge in [0.25, 0.3) is 0 Å². The number of likely N-dealkylation sites (tertiary alicyclic amines) is 1. The molecule has 2 rings (SSSR count). The van der Waals surface area contributed by atoms with E-state index in [9.17, 15) is 0 Å². The third-order valence-corrected chi connectivity index (χ3v) is 4.44. The minimum absolute atomic E-state index is 0.511. The molecule has 0 aromatic carbocycles. The molecule has 0 radical (unpaired) electrons. The zero-order valence-corrected chi connectivity index (χ0v) is 12.2. The first kappa shape index (κ1) is 13.4. The van der Waals surface area contributed by atoms with E-state index < -0.39 is 0 Å². The van der Waals surface area contributed by atoms with Crippen molar-refractivity contribution in [2.24, 2.45) is 0 Å². The summed E-state index contributed by atoms with van der Waals surface area (Å²) in [6.45, 7) is 4.88. The molecule has 1 saturated heterocycles. The molecule has 102 valence electrons. The monoisotopic (exact) mass is 270 g/mol. The van der Waals surface area contributed by atoms with Gasteiger partial charge in [-0.15, -0.1) is 0 Å². The smallest absolute Gasteiger partial charge is 0.197 e. The molecule has 1 aromatic heterocycles. The van der Waals surface area contributed by atoms with Crippen molar-refractivity contribution >= 4 is 22.4 Å². The van der Waals surface area contributed by atoms with E-state index in [4.69, 9.17) is 10.5 Å². The number of anilines is 2. The van der Waals surface area contributed by atoms with E-state index in [1.54, 1.807) is 0 Å². The van der Waals surface area contributed by atoms with Gasteiger partial charge in [0, 0.05) is 13.1 Å². The van der Waals surface area contributed by atoms with Crippen LogP contribution in [0.1, 0.15) is 19.8 Å². The van der Waals surface area contributed by atoms with Gasteiger partial charge in [0.2, 0.25) is 0 Å². The minimum atomic E-state index is 0.511. The van der Waals surface area contributed by atoms with Crippen LogP contribution in [0.3, 0.4) is 0 Å². The zero-order valence-electron chi connectivity index (χ0n) is 11.3. The summed E-state index contributed by atoms with van der Waals surface area (Å²) in [5.41, 5.74) is 5.86. The van der Waals surface area contributed by atoms with Crippen LogP contribution in [-0.2, 0) is 0 Å². The summed E-state index contributed by atoms with van der Waals surface area (Å²) in [5, 5.41) is 1.06. The fourth-order valence-electron chi connectivity index (χ4n) is 2.34. The Morgan fingerprint density at radius 3 is 2.78 bits per heavy atom. The van der Waals surface area contributed by atoms with Crippen LogP contribution in [0, 0.1) is 0 Å². The average molecular weight is 270 g/mol.